The predicted molar refractivity (Wildman–Crippen MR) is 118 cm³/mol. The van der Waals surface area contributed by atoms with Crippen molar-refractivity contribution in [2.45, 2.75) is 52.2 Å². The molecule has 2 aromatic carbocycles. The number of benzene rings is 2. The van der Waals surface area contributed by atoms with Crippen LogP contribution in [0.2, 0.25) is 0 Å². The van der Waals surface area contributed by atoms with Crippen molar-refractivity contribution in [1.29, 1.82) is 0 Å². The second-order valence-corrected chi connectivity index (χ2v) is 8.03. The molecular formula is C23H30BrNO4. The Labute approximate surface area is 181 Å². The Morgan fingerprint density at radius 3 is 2.66 bits per heavy atom. The first-order valence-corrected chi connectivity index (χ1v) is 11.1. The highest BCUT2D eigenvalue weighted by Gasteiger charge is 2.15. The lowest BCUT2D eigenvalue weighted by molar-refractivity contribution is 0.174. The normalized spacial score (nSPS) is 12.2. The Morgan fingerprint density at radius 2 is 1.83 bits per heavy atom. The van der Waals surface area contributed by atoms with E-state index >= 15 is 0 Å². The average molecular weight is 464 g/mol. The summed E-state index contributed by atoms with van der Waals surface area (Å²) >= 11 is 3.64. The molecule has 0 spiro atoms. The van der Waals surface area contributed by atoms with Gasteiger partial charge in [0, 0.05) is 6.54 Å². The molecule has 158 valence electrons. The monoisotopic (exact) mass is 463 g/mol. The number of halogens is 1. The van der Waals surface area contributed by atoms with Gasteiger partial charge in [0.2, 0.25) is 6.79 Å². The summed E-state index contributed by atoms with van der Waals surface area (Å²) < 4.78 is 23.3. The Balaban J connectivity index is 1.54. The van der Waals surface area contributed by atoms with E-state index in [-0.39, 0.29) is 6.79 Å². The Morgan fingerprint density at radius 1 is 1.00 bits per heavy atom. The van der Waals surface area contributed by atoms with Gasteiger partial charge in [-0.2, -0.15) is 0 Å². The van der Waals surface area contributed by atoms with Crippen LogP contribution >= 0.6 is 15.9 Å². The summed E-state index contributed by atoms with van der Waals surface area (Å²) in [5, 5.41) is 3.52. The van der Waals surface area contributed by atoms with Gasteiger partial charge in [-0.05, 0) is 64.3 Å². The molecule has 0 fully saturated rings. The van der Waals surface area contributed by atoms with Crippen molar-refractivity contribution in [1.82, 2.24) is 5.32 Å². The molecule has 6 heteroatoms. The van der Waals surface area contributed by atoms with Crippen LogP contribution in [-0.2, 0) is 13.2 Å². The van der Waals surface area contributed by atoms with Crippen LogP contribution in [0, 0.1) is 0 Å². The Kier molecular flexibility index (Phi) is 8.50. The fourth-order valence-electron chi connectivity index (χ4n) is 3.29. The minimum Gasteiger partial charge on any atom is -0.493 e. The minimum atomic E-state index is 0.271. The molecule has 5 nitrogen and oxygen atoms in total. The molecule has 0 atom stereocenters. The first kappa shape index (κ1) is 21.8. The third-order valence-electron chi connectivity index (χ3n) is 4.90. The number of nitrogens with one attached hydrogen (secondary N) is 1. The van der Waals surface area contributed by atoms with Gasteiger partial charge in [0.15, 0.2) is 23.0 Å². The molecule has 1 aliphatic rings. The van der Waals surface area contributed by atoms with E-state index in [0.717, 1.165) is 45.9 Å². The number of ether oxygens (including phenoxy) is 4. The van der Waals surface area contributed by atoms with Crippen LogP contribution in [0.1, 0.15) is 50.2 Å². The molecule has 3 rings (SSSR count). The molecule has 1 aliphatic heterocycles. The highest BCUT2D eigenvalue weighted by Crippen LogP contribution is 2.38. The van der Waals surface area contributed by atoms with Crippen molar-refractivity contribution in [2.24, 2.45) is 0 Å². The number of methoxy groups -OCH3 is 1. The van der Waals surface area contributed by atoms with E-state index in [1.165, 1.54) is 32.1 Å². The molecule has 0 aromatic heterocycles. The number of rotatable bonds is 12. The maximum atomic E-state index is 6.05. The summed E-state index contributed by atoms with van der Waals surface area (Å²) in [7, 11) is 1.67. The molecule has 2 aromatic rings. The van der Waals surface area contributed by atoms with Gasteiger partial charge in [-0.1, -0.05) is 38.7 Å². The lowest BCUT2D eigenvalue weighted by Gasteiger charge is -2.15. The Bertz CT molecular complexity index is 797. The van der Waals surface area contributed by atoms with Crippen LogP contribution in [-0.4, -0.2) is 20.4 Å². The maximum Gasteiger partial charge on any atom is 0.231 e. The van der Waals surface area contributed by atoms with E-state index in [9.17, 15) is 0 Å². The van der Waals surface area contributed by atoms with Gasteiger partial charge in [0.1, 0.15) is 6.61 Å². The van der Waals surface area contributed by atoms with Gasteiger partial charge in [-0.25, -0.2) is 0 Å². The number of hydrogen-bond acceptors (Lipinski definition) is 5. The molecule has 0 saturated carbocycles. The standard InChI is InChI=1S/C23H30BrNO4/c1-3-4-5-6-7-10-25-14-18-11-19(24)23(22(13-18)26-2)27-15-17-8-9-20-21(12-17)29-16-28-20/h8-9,11-13,25H,3-7,10,14-16H2,1-2H3. The van der Waals surface area contributed by atoms with Crippen LogP contribution < -0.4 is 24.3 Å². The zero-order valence-electron chi connectivity index (χ0n) is 17.3. The molecule has 0 saturated heterocycles. The fraction of sp³-hybridized carbons (Fsp3) is 0.478. The highest BCUT2D eigenvalue weighted by molar-refractivity contribution is 9.10. The van der Waals surface area contributed by atoms with Gasteiger partial charge in [-0.3, -0.25) is 0 Å². The second kappa shape index (κ2) is 11.3. The van der Waals surface area contributed by atoms with E-state index in [1.54, 1.807) is 7.11 Å². The first-order chi connectivity index (χ1) is 14.2. The zero-order valence-corrected chi connectivity index (χ0v) is 18.8. The molecule has 29 heavy (non-hydrogen) atoms. The van der Waals surface area contributed by atoms with Gasteiger partial charge in [-0.15, -0.1) is 0 Å². The Hall–Kier alpha value is -1.92. The summed E-state index contributed by atoms with van der Waals surface area (Å²) in [6, 6.07) is 9.95. The van der Waals surface area contributed by atoms with Crippen LogP contribution in [0.3, 0.4) is 0 Å². The van der Waals surface area contributed by atoms with E-state index in [4.69, 9.17) is 18.9 Å². The van der Waals surface area contributed by atoms with Crippen LogP contribution in [0.25, 0.3) is 0 Å². The number of unbranched alkanes of at least 4 members (excludes halogenated alkanes) is 4. The van der Waals surface area contributed by atoms with Gasteiger partial charge in [0.05, 0.1) is 11.6 Å². The summed E-state index contributed by atoms with van der Waals surface area (Å²) in [6.45, 7) is 4.78. The number of hydrogen-bond donors (Lipinski definition) is 1. The summed E-state index contributed by atoms with van der Waals surface area (Å²) in [6.07, 6.45) is 6.45. The predicted octanol–water partition coefficient (Wildman–Crippen LogP) is 5.83. The van der Waals surface area contributed by atoms with Crippen molar-refractivity contribution in [3.8, 4) is 23.0 Å². The molecule has 0 amide bonds. The van der Waals surface area contributed by atoms with E-state index < -0.39 is 0 Å². The zero-order chi connectivity index (χ0) is 20.5. The largest absolute Gasteiger partial charge is 0.493 e. The maximum absolute atomic E-state index is 6.05. The summed E-state index contributed by atoms with van der Waals surface area (Å²) in [5.74, 6) is 2.95. The molecule has 0 unspecified atom stereocenters. The van der Waals surface area contributed by atoms with Crippen LogP contribution in [0.5, 0.6) is 23.0 Å². The molecule has 0 radical (unpaired) electrons. The first-order valence-electron chi connectivity index (χ1n) is 10.3. The lowest BCUT2D eigenvalue weighted by atomic mass is 10.1. The van der Waals surface area contributed by atoms with Gasteiger partial charge in [0.25, 0.3) is 0 Å². The highest BCUT2D eigenvalue weighted by atomic mass is 79.9. The third kappa shape index (κ3) is 6.28. The molecule has 0 aliphatic carbocycles. The summed E-state index contributed by atoms with van der Waals surface area (Å²) in [5.41, 5.74) is 2.18. The minimum absolute atomic E-state index is 0.271. The van der Waals surface area contributed by atoms with E-state index in [0.29, 0.717) is 12.4 Å². The molecule has 1 N–H and O–H groups in total. The quantitative estimate of drug-likeness (QED) is 0.401. The van der Waals surface area contributed by atoms with Crippen molar-refractivity contribution in [2.75, 3.05) is 20.4 Å². The van der Waals surface area contributed by atoms with E-state index in [2.05, 4.69) is 34.2 Å². The van der Waals surface area contributed by atoms with Crippen molar-refractivity contribution >= 4 is 15.9 Å². The second-order valence-electron chi connectivity index (χ2n) is 7.18. The number of fused-ring (bicyclic) bond motifs is 1. The average Bonchev–Trinajstić information content (AvgIpc) is 3.20. The van der Waals surface area contributed by atoms with Crippen molar-refractivity contribution in [3.05, 3.63) is 45.9 Å². The summed E-state index contributed by atoms with van der Waals surface area (Å²) in [4.78, 5) is 0. The van der Waals surface area contributed by atoms with Gasteiger partial charge >= 0.3 is 0 Å². The van der Waals surface area contributed by atoms with Crippen LogP contribution in [0.4, 0.5) is 0 Å². The smallest absolute Gasteiger partial charge is 0.231 e. The lowest BCUT2D eigenvalue weighted by Crippen LogP contribution is -2.14. The SMILES string of the molecule is CCCCCCCNCc1cc(Br)c(OCc2ccc3c(c2)OCO3)c(OC)c1. The van der Waals surface area contributed by atoms with Crippen LogP contribution in [0.15, 0.2) is 34.8 Å². The molecular weight excluding hydrogens is 434 g/mol. The third-order valence-corrected chi connectivity index (χ3v) is 5.48. The van der Waals surface area contributed by atoms with Crippen molar-refractivity contribution in [3.63, 3.8) is 0 Å². The topological polar surface area (TPSA) is 49.0 Å². The fourth-order valence-corrected chi connectivity index (χ4v) is 3.89. The van der Waals surface area contributed by atoms with Crippen molar-refractivity contribution < 1.29 is 18.9 Å². The van der Waals surface area contributed by atoms with E-state index in [1.807, 2.05) is 24.3 Å². The molecule has 1 heterocycles. The van der Waals surface area contributed by atoms with Gasteiger partial charge < -0.3 is 24.3 Å². The molecule has 0 bridgehead atoms.